The maximum Gasteiger partial charge on any atom is 0.408 e. The van der Waals surface area contributed by atoms with Gasteiger partial charge in [0.15, 0.2) is 0 Å². The maximum atomic E-state index is 14.3. The van der Waals surface area contributed by atoms with Crippen molar-refractivity contribution in [3.8, 4) is 11.3 Å². The minimum Gasteiger partial charge on any atom is -0.468 e. The number of aryl methyl sites for hydroxylation is 1. The number of piperidine rings is 2. The molecule has 0 radical (unpaired) electrons. The van der Waals surface area contributed by atoms with Crippen molar-refractivity contribution in [1.82, 2.24) is 30.2 Å². The number of hydrogen-bond acceptors (Lipinski definition) is 13. The summed E-state index contributed by atoms with van der Waals surface area (Å²) in [5.41, 5.74) is 9.41. The van der Waals surface area contributed by atoms with Gasteiger partial charge in [-0.25, -0.2) is 10.2 Å². The van der Waals surface area contributed by atoms with Crippen molar-refractivity contribution in [2.24, 2.45) is 11.3 Å². The van der Waals surface area contributed by atoms with Crippen molar-refractivity contribution >= 4 is 46.2 Å². The summed E-state index contributed by atoms with van der Waals surface area (Å²) in [5.74, 6) is -0.982. The van der Waals surface area contributed by atoms with E-state index >= 15 is 0 Å². The van der Waals surface area contributed by atoms with Gasteiger partial charge in [0.1, 0.15) is 17.7 Å². The molecule has 68 heavy (non-hydrogen) atoms. The molecule has 2 N–H and O–H groups in total. The van der Waals surface area contributed by atoms with Crippen LogP contribution in [0.2, 0.25) is 0 Å². The van der Waals surface area contributed by atoms with Gasteiger partial charge in [0.25, 0.3) is 5.91 Å². The molecule has 16 nitrogen and oxygen atoms in total. The molecule has 0 saturated carbocycles. The lowest BCUT2D eigenvalue weighted by Gasteiger charge is -2.45. The molecule has 0 spiro atoms. The Hall–Kier alpha value is -4.93. The van der Waals surface area contributed by atoms with Crippen molar-refractivity contribution in [2.45, 2.75) is 150 Å². The summed E-state index contributed by atoms with van der Waals surface area (Å²) in [6.45, 7) is 22.5. The number of rotatable bonds is 15. The summed E-state index contributed by atoms with van der Waals surface area (Å²) in [5, 5.41) is 5.50. The monoisotopic (exact) mass is 943 g/mol. The van der Waals surface area contributed by atoms with E-state index in [-0.39, 0.29) is 30.5 Å². The molecule has 16 heteroatoms. The number of carbonyl (C=O) groups is 4. The van der Waals surface area contributed by atoms with E-state index in [0.717, 1.165) is 84.8 Å². The van der Waals surface area contributed by atoms with E-state index in [0.29, 0.717) is 44.8 Å². The second-order valence-corrected chi connectivity index (χ2v) is 21.3. The Morgan fingerprint density at radius 2 is 1.66 bits per heavy atom. The van der Waals surface area contributed by atoms with Crippen LogP contribution in [0.4, 0.5) is 16.2 Å². The number of methoxy groups -OCH3 is 2. The highest BCUT2D eigenvalue weighted by molar-refractivity contribution is 5.95. The summed E-state index contributed by atoms with van der Waals surface area (Å²) >= 11 is 0. The zero-order valence-electron chi connectivity index (χ0n) is 42.5. The molecule has 4 aliphatic rings. The molecule has 1 aromatic carbocycles. The predicted octanol–water partition coefficient (Wildman–Crippen LogP) is 7.41. The number of anilines is 2. The lowest BCUT2D eigenvalue weighted by atomic mass is 9.84. The van der Waals surface area contributed by atoms with Gasteiger partial charge in [-0.05, 0) is 128 Å². The van der Waals surface area contributed by atoms with Crippen molar-refractivity contribution in [1.29, 1.82) is 0 Å². The van der Waals surface area contributed by atoms with E-state index in [2.05, 4.69) is 82.0 Å². The van der Waals surface area contributed by atoms with Gasteiger partial charge >= 0.3 is 18.0 Å². The molecule has 6 heterocycles. The molecule has 3 aromatic rings. The van der Waals surface area contributed by atoms with Crippen molar-refractivity contribution in [3.63, 3.8) is 0 Å². The zero-order chi connectivity index (χ0) is 48.9. The minimum absolute atomic E-state index is 0.0600. The van der Waals surface area contributed by atoms with Crippen LogP contribution in [0.5, 0.6) is 0 Å². The number of nitrogens with zero attached hydrogens (tertiary/aromatic N) is 6. The lowest BCUT2D eigenvalue weighted by molar-refractivity contribution is -0.150. The van der Waals surface area contributed by atoms with Crippen LogP contribution >= 0.6 is 0 Å². The SMILES string of the molecule is CCn1c(-c2cc(N3CCN4CCCC[C@@H]4C3)cnc2[C@H](C)OC)c(CC(C)(C)COC(C)=O)c2cc(N3CCC[C@@H](C[C@H](NC(=O)OC(C)(C)C)C(=O)N4CCC[C@@H](C(=O)OC)N4)C3)ccc21. The van der Waals surface area contributed by atoms with Crippen LogP contribution < -0.4 is 20.5 Å². The second kappa shape index (κ2) is 21.8. The molecule has 0 unspecified atom stereocenters. The molecule has 4 aliphatic heterocycles. The first-order chi connectivity index (χ1) is 32.4. The number of pyridine rings is 1. The number of nitrogens with one attached hydrogen (secondary N) is 2. The van der Waals surface area contributed by atoms with Gasteiger partial charge in [0.05, 0.1) is 43.1 Å². The van der Waals surface area contributed by atoms with Gasteiger partial charge in [-0.2, -0.15) is 0 Å². The Balaban J connectivity index is 1.25. The molecule has 5 atom stereocenters. The topological polar surface area (TPSA) is 160 Å². The van der Waals surface area contributed by atoms with E-state index in [4.69, 9.17) is 23.9 Å². The fraction of sp³-hybridized carbons (Fsp3) is 0.673. The fourth-order valence-corrected chi connectivity index (χ4v) is 10.8. The number of fused-ring (bicyclic) bond motifs is 2. The molecular formula is C52H78N8O8. The standard InChI is InChI=1S/C52H78N8O8/c1-11-59-45-20-19-37(57-22-14-16-36(31-57)26-44(54-50(64)68-51(4,5)6)48(62)60-23-15-18-43(55-60)49(63)66-10)27-40(45)42(29-52(7,8)33-67-35(3)61)47(59)41-28-39(30-53-46(41)34(2)65-9)58-25-24-56-21-13-12-17-38(56)32-58/h19-20,27-28,30,34,36,38,43-44,55H,11-18,21-26,29,31-33H2,1-10H3,(H,54,64)/t34-,36-,38+,43-,44-/m0/s1. The Labute approximate surface area is 403 Å². The Morgan fingerprint density at radius 3 is 2.38 bits per heavy atom. The Kier molecular flexibility index (Phi) is 16.3. The van der Waals surface area contributed by atoms with Crippen LogP contribution in [0.15, 0.2) is 30.5 Å². The second-order valence-electron chi connectivity index (χ2n) is 21.3. The summed E-state index contributed by atoms with van der Waals surface area (Å²) < 4.78 is 24.8. The Morgan fingerprint density at radius 1 is 0.897 bits per heavy atom. The summed E-state index contributed by atoms with van der Waals surface area (Å²) in [6.07, 6.45) is 8.85. The van der Waals surface area contributed by atoms with Gasteiger partial charge in [0.2, 0.25) is 0 Å². The van der Waals surface area contributed by atoms with Crippen LogP contribution in [0.1, 0.15) is 124 Å². The van der Waals surface area contributed by atoms with Gasteiger partial charge in [-0.15, -0.1) is 0 Å². The quantitative estimate of drug-likeness (QED) is 0.115. The first-order valence-corrected chi connectivity index (χ1v) is 25.1. The van der Waals surface area contributed by atoms with E-state index in [9.17, 15) is 19.2 Å². The van der Waals surface area contributed by atoms with Crippen molar-refractivity contribution in [2.75, 3.05) is 76.4 Å². The zero-order valence-corrected chi connectivity index (χ0v) is 42.5. The maximum absolute atomic E-state index is 14.3. The van der Waals surface area contributed by atoms with Gasteiger partial charge in [0, 0.05) is 93.5 Å². The number of hydrazine groups is 1. The van der Waals surface area contributed by atoms with Crippen LogP contribution in [-0.2, 0) is 46.3 Å². The summed E-state index contributed by atoms with van der Waals surface area (Å²) in [6, 6.07) is 8.12. The number of alkyl carbamates (subject to hydrolysis) is 1. The third kappa shape index (κ3) is 12.1. The van der Waals surface area contributed by atoms with Gasteiger partial charge < -0.3 is 38.6 Å². The van der Waals surface area contributed by atoms with Crippen molar-refractivity contribution in [3.05, 3.63) is 41.7 Å². The molecule has 4 saturated heterocycles. The number of hydrogen-bond donors (Lipinski definition) is 2. The van der Waals surface area contributed by atoms with Gasteiger partial charge in [-0.1, -0.05) is 20.3 Å². The normalized spacial score (nSPS) is 21.5. The number of amides is 2. The predicted molar refractivity (Wildman–Crippen MR) is 264 cm³/mol. The van der Waals surface area contributed by atoms with E-state index < -0.39 is 35.2 Å². The van der Waals surface area contributed by atoms with E-state index in [1.165, 1.54) is 50.4 Å². The summed E-state index contributed by atoms with van der Waals surface area (Å²) in [4.78, 5) is 65.0. The van der Waals surface area contributed by atoms with Gasteiger partial charge in [-0.3, -0.25) is 29.3 Å². The number of aromatic nitrogens is 2. The molecule has 0 aliphatic carbocycles. The minimum atomic E-state index is -0.882. The van der Waals surface area contributed by atoms with E-state index in [1.54, 1.807) is 27.9 Å². The van der Waals surface area contributed by atoms with E-state index in [1.807, 2.05) is 6.20 Å². The lowest BCUT2D eigenvalue weighted by Crippen LogP contribution is -2.60. The smallest absolute Gasteiger partial charge is 0.408 e. The average molecular weight is 943 g/mol. The van der Waals surface area contributed by atoms with Crippen LogP contribution in [0.3, 0.4) is 0 Å². The van der Waals surface area contributed by atoms with Crippen LogP contribution in [-0.4, -0.2) is 134 Å². The Bertz CT molecular complexity index is 2270. The molecule has 2 aromatic heterocycles. The third-order valence-electron chi connectivity index (χ3n) is 14.3. The first kappa shape index (κ1) is 50.9. The largest absolute Gasteiger partial charge is 0.468 e. The van der Waals surface area contributed by atoms with Crippen molar-refractivity contribution < 1.29 is 38.1 Å². The van der Waals surface area contributed by atoms with Crippen LogP contribution in [0, 0.1) is 11.3 Å². The molecule has 0 bridgehead atoms. The number of ether oxygens (including phenoxy) is 4. The average Bonchev–Trinajstić information content (AvgIpc) is 3.62. The first-order valence-electron chi connectivity index (χ1n) is 25.1. The molecule has 4 fully saturated rings. The number of esters is 2. The molecule has 2 amide bonds. The highest BCUT2D eigenvalue weighted by Crippen LogP contribution is 2.43. The highest BCUT2D eigenvalue weighted by atomic mass is 16.6. The molecule has 374 valence electrons. The number of carbonyl (C=O) groups excluding carboxylic acids is 4. The highest BCUT2D eigenvalue weighted by Gasteiger charge is 2.37. The number of piperazine rings is 1. The fourth-order valence-electron chi connectivity index (χ4n) is 10.8. The van der Waals surface area contributed by atoms with Crippen LogP contribution in [0.25, 0.3) is 22.2 Å². The molecule has 7 rings (SSSR count). The third-order valence-corrected chi connectivity index (χ3v) is 14.3. The molecular weight excluding hydrogens is 865 g/mol. The number of benzene rings is 1. The summed E-state index contributed by atoms with van der Waals surface area (Å²) in [7, 11) is 3.07.